The number of halogens is 1. The predicted octanol–water partition coefficient (Wildman–Crippen LogP) is 4.40. The van der Waals surface area contributed by atoms with Crippen LogP contribution in [0.2, 0.25) is 0 Å². The summed E-state index contributed by atoms with van der Waals surface area (Å²) in [5, 5.41) is 4.66. The standard InChI is InChI=1S/C24H26FN3O/c1-17-23(18(2)28(26-17)21-10-4-3-5-11-21)16-24(29)27-13-7-12-22(27)15-19-8-6-9-20(25)14-19/h3-6,8-11,14,22H,7,12-13,15-16H2,1-2H3. The van der Waals surface area contributed by atoms with Crippen molar-refractivity contribution in [3.63, 3.8) is 0 Å². The van der Waals surface area contributed by atoms with Gasteiger partial charge in [0.05, 0.1) is 17.8 Å². The van der Waals surface area contributed by atoms with Crippen LogP contribution in [0.4, 0.5) is 4.39 Å². The fourth-order valence-corrected chi connectivity index (χ4v) is 4.32. The molecule has 1 unspecified atom stereocenters. The van der Waals surface area contributed by atoms with Gasteiger partial charge in [0.15, 0.2) is 0 Å². The minimum atomic E-state index is -0.224. The third kappa shape index (κ3) is 4.09. The van der Waals surface area contributed by atoms with Crippen molar-refractivity contribution < 1.29 is 9.18 Å². The molecule has 0 spiro atoms. The molecule has 0 aliphatic carbocycles. The number of hydrogen-bond acceptors (Lipinski definition) is 2. The first-order chi connectivity index (χ1) is 14.0. The number of carbonyl (C=O) groups excluding carboxylic acids is 1. The number of aromatic nitrogens is 2. The minimum absolute atomic E-state index is 0.128. The van der Waals surface area contributed by atoms with Gasteiger partial charge in [0, 0.05) is 23.8 Å². The molecule has 1 atom stereocenters. The van der Waals surface area contributed by atoms with Crippen LogP contribution in [-0.2, 0) is 17.6 Å². The highest BCUT2D eigenvalue weighted by molar-refractivity contribution is 5.80. The van der Waals surface area contributed by atoms with Crippen LogP contribution >= 0.6 is 0 Å². The summed E-state index contributed by atoms with van der Waals surface area (Å²) in [4.78, 5) is 15.1. The van der Waals surface area contributed by atoms with E-state index >= 15 is 0 Å². The van der Waals surface area contributed by atoms with Crippen LogP contribution in [0, 0.1) is 19.7 Å². The number of carbonyl (C=O) groups is 1. The fraction of sp³-hybridized carbons (Fsp3) is 0.333. The first-order valence-electron chi connectivity index (χ1n) is 10.2. The molecule has 0 radical (unpaired) electrons. The largest absolute Gasteiger partial charge is 0.339 e. The number of likely N-dealkylation sites (tertiary alicyclic amines) is 1. The molecule has 0 saturated carbocycles. The van der Waals surface area contributed by atoms with Gasteiger partial charge in [0.25, 0.3) is 0 Å². The summed E-state index contributed by atoms with van der Waals surface area (Å²) in [6.07, 6.45) is 3.01. The van der Waals surface area contributed by atoms with Crippen LogP contribution in [-0.4, -0.2) is 33.2 Å². The summed E-state index contributed by atoms with van der Waals surface area (Å²) in [5.41, 5.74) is 4.83. The first kappa shape index (κ1) is 19.4. The normalized spacial score (nSPS) is 16.4. The molecule has 4 nitrogen and oxygen atoms in total. The van der Waals surface area contributed by atoms with Gasteiger partial charge < -0.3 is 4.90 Å². The SMILES string of the molecule is Cc1nn(-c2ccccc2)c(C)c1CC(=O)N1CCCC1Cc1cccc(F)c1. The molecule has 1 aliphatic heterocycles. The second-order valence-electron chi connectivity index (χ2n) is 7.79. The number of hydrogen-bond donors (Lipinski definition) is 0. The summed E-state index contributed by atoms with van der Waals surface area (Å²) in [6.45, 7) is 4.75. The van der Waals surface area contributed by atoms with E-state index in [-0.39, 0.29) is 17.8 Å². The van der Waals surface area contributed by atoms with Crippen LogP contribution in [0.1, 0.15) is 35.4 Å². The summed E-state index contributed by atoms with van der Waals surface area (Å²) < 4.78 is 15.4. The Morgan fingerprint density at radius 2 is 1.93 bits per heavy atom. The number of rotatable bonds is 5. The Bertz CT molecular complexity index is 1010. The van der Waals surface area contributed by atoms with Gasteiger partial charge in [0.2, 0.25) is 5.91 Å². The van der Waals surface area contributed by atoms with Crippen molar-refractivity contribution in [1.82, 2.24) is 14.7 Å². The zero-order chi connectivity index (χ0) is 20.4. The van der Waals surface area contributed by atoms with Crippen LogP contribution < -0.4 is 0 Å². The molecule has 1 amide bonds. The summed E-state index contributed by atoms with van der Waals surface area (Å²) in [6, 6.07) is 16.8. The highest BCUT2D eigenvalue weighted by atomic mass is 19.1. The number of benzene rings is 2. The Balaban J connectivity index is 1.51. The molecule has 1 saturated heterocycles. The van der Waals surface area contributed by atoms with Crippen molar-refractivity contribution >= 4 is 5.91 Å². The maximum Gasteiger partial charge on any atom is 0.227 e. The van der Waals surface area contributed by atoms with E-state index in [9.17, 15) is 9.18 Å². The van der Waals surface area contributed by atoms with E-state index in [4.69, 9.17) is 0 Å². The van der Waals surface area contributed by atoms with Gasteiger partial charge in [-0.25, -0.2) is 9.07 Å². The molecule has 1 aromatic heterocycles. The molecule has 0 N–H and O–H groups in total. The number of aryl methyl sites for hydroxylation is 1. The van der Waals surface area contributed by atoms with Gasteiger partial charge in [-0.3, -0.25) is 4.79 Å². The van der Waals surface area contributed by atoms with E-state index in [0.717, 1.165) is 47.6 Å². The van der Waals surface area contributed by atoms with Crippen molar-refractivity contribution in [1.29, 1.82) is 0 Å². The lowest BCUT2D eigenvalue weighted by Crippen LogP contribution is -2.38. The molecule has 4 rings (SSSR count). The van der Waals surface area contributed by atoms with Gasteiger partial charge in [-0.2, -0.15) is 5.10 Å². The Morgan fingerprint density at radius 1 is 1.14 bits per heavy atom. The minimum Gasteiger partial charge on any atom is -0.339 e. The van der Waals surface area contributed by atoms with E-state index in [1.807, 2.05) is 59.8 Å². The average molecular weight is 391 g/mol. The maximum absolute atomic E-state index is 13.5. The van der Waals surface area contributed by atoms with Gasteiger partial charge >= 0.3 is 0 Å². The van der Waals surface area contributed by atoms with E-state index in [0.29, 0.717) is 12.8 Å². The zero-order valence-electron chi connectivity index (χ0n) is 16.9. The summed E-state index contributed by atoms with van der Waals surface area (Å²) in [5.74, 6) is -0.0966. The number of amides is 1. The Morgan fingerprint density at radius 3 is 2.69 bits per heavy atom. The van der Waals surface area contributed by atoms with Crippen LogP contribution in [0.25, 0.3) is 5.69 Å². The van der Waals surface area contributed by atoms with Crippen LogP contribution in [0.5, 0.6) is 0 Å². The second-order valence-corrected chi connectivity index (χ2v) is 7.79. The van der Waals surface area contributed by atoms with Crippen molar-refractivity contribution in [2.24, 2.45) is 0 Å². The topological polar surface area (TPSA) is 38.1 Å². The third-order valence-corrected chi connectivity index (χ3v) is 5.83. The molecule has 29 heavy (non-hydrogen) atoms. The average Bonchev–Trinajstić information content (AvgIpc) is 3.28. The van der Waals surface area contributed by atoms with Gasteiger partial charge in [-0.05, 0) is 62.9 Å². The molecule has 2 heterocycles. The van der Waals surface area contributed by atoms with Crippen LogP contribution in [0.15, 0.2) is 54.6 Å². The van der Waals surface area contributed by atoms with Crippen molar-refractivity contribution in [2.75, 3.05) is 6.54 Å². The molecule has 1 fully saturated rings. The molecule has 3 aromatic rings. The van der Waals surface area contributed by atoms with Gasteiger partial charge in [-0.1, -0.05) is 30.3 Å². The molecular weight excluding hydrogens is 365 g/mol. The molecule has 150 valence electrons. The smallest absolute Gasteiger partial charge is 0.227 e. The van der Waals surface area contributed by atoms with Gasteiger partial charge in [-0.15, -0.1) is 0 Å². The number of para-hydroxylation sites is 1. The fourth-order valence-electron chi connectivity index (χ4n) is 4.32. The summed E-state index contributed by atoms with van der Waals surface area (Å²) >= 11 is 0. The molecular formula is C24H26FN3O. The zero-order valence-corrected chi connectivity index (χ0v) is 16.9. The molecule has 1 aliphatic rings. The maximum atomic E-state index is 13.5. The lowest BCUT2D eigenvalue weighted by Gasteiger charge is -2.25. The second kappa shape index (κ2) is 8.19. The Hall–Kier alpha value is -2.95. The van der Waals surface area contributed by atoms with Crippen molar-refractivity contribution in [3.05, 3.63) is 82.9 Å². The van der Waals surface area contributed by atoms with E-state index in [2.05, 4.69) is 5.10 Å². The molecule has 0 bridgehead atoms. The van der Waals surface area contributed by atoms with Crippen LogP contribution in [0.3, 0.4) is 0 Å². The third-order valence-electron chi connectivity index (χ3n) is 5.83. The highest BCUT2D eigenvalue weighted by Crippen LogP contribution is 2.25. The Kier molecular flexibility index (Phi) is 5.47. The lowest BCUT2D eigenvalue weighted by atomic mass is 10.0. The van der Waals surface area contributed by atoms with E-state index < -0.39 is 0 Å². The number of nitrogens with zero attached hydrogens (tertiary/aromatic N) is 3. The first-order valence-corrected chi connectivity index (χ1v) is 10.2. The highest BCUT2D eigenvalue weighted by Gasteiger charge is 2.30. The van der Waals surface area contributed by atoms with Crippen molar-refractivity contribution in [2.45, 2.75) is 45.6 Å². The molecule has 5 heteroatoms. The Labute approximate surface area is 171 Å². The quantitative estimate of drug-likeness (QED) is 0.646. The van der Waals surface area contributed by atoms with E-state index in [1.54, 1.807) is 12.1 Å². The van der Waals surface area contributed by atoms with Crippen molar-refractivity contribution in [3.8, 4) is 5.69 Å². The summed E-state index contributed by atoms with van der Waals surface area (Å²) in [7, 11) is 0. The molecule has 2 aromatic carbocycles. The monoisotopic (exact) mass is 391 g/mol. The lowest BCUT2D eigenvalue weighted by molar-refractivity contribution is -0.131. The predicted molar refractivity (Wildman–Crippen MR) is 112 cm³/mol. The van der Waals surface area contributed by atoms with Gasteiger partial charge in [0.1, 0.15) is 5.82 Å². The van der Waals surface area contributed by atoms with E-state index in [1.165, 1.54) is 6.07 Å².